The molecular weight excluding hydrogens is 406 g/mol. The molecule has 112 valence electrons. The molecule has 0 unspecified atom stereocenters. The molecule has 1 heterocycles. The molecule has 0 fully saturated rings. The second kappa shape index (κ2) is 5.42. The number of H-pyrrole nitrogens is 1. The third-order valence-corrected chi connectivity index (χ3v) is 4.00. The topological polar surface area (TPSA) is 32.9 Å². The van der Waals surface area contributed by atoms with E-state index in [0.29, 0.717) is 10.8 Å². The van der Waals surface area contributed by atoms with Crippen LogP contribution in [0.15, 0.2) is 53.3 Å². The second-order valence-electron chi connectivity index (χ2n) is 4.79. The van der Waals surface area contributed by atoms with Crippen molar-refractivity contribution < 1.29 is 13.2 Å². The number of hydrogen-bond donors (Lipinski definition) is 1. The van der Waals surface area contributed by atoms with Gasteiger partial charge in [-0.15, -0.1) is 0 Å². The Morgan fingerprint density at radius 3 is 2.45 bits per heavy atom. The first-order chi connectivity index (χ1) is 10.4. The number of nitrogens with one attached hydrogen (secondary N) is 1. The van der Waals surface area contributed by atoms with Crippen molar-refractivity contribution in [2.24, 2.45) is 0 Å². The van der Waals surface area contributed by atoms with Crippen molar-refractivity contribution in [3.05, 3.63) is 68.0 Å². The van der Waals surface area contributed by atoms with Crippen molar-refractivity contribution >= 4 is 33.4 Å². The molecule has 1 aromatic heterocycles. The van der Waals surface area contributed by atoms with E-state index < -0.39 is 17.3 Å². The highest BCUT2D eigenvalue weighted by Crippen LogP contribution is 2.36. The Morgan fingerprint density at radius 1 is 1.00 bits per heavy atom. The molecule has 1 N–H and O–H groups in total. The maximum Gasteiger partial charge on any atom is 0.417 e. The Kier molecular flexibility index (Phi) is 3.72. The van der Waals surface area contributed by atoms with E-state index in [0.717, 1.165) is 9.64 Å². The molecule has 0 aliphatic carbocycles. The second-order valence-corrected chi connectivity index (χ2v) is 6.03. The van der Waals surface area contributed by atoms with Crippen LogP contribution in [0.5, 0.6) is 0 Å². The lowest BCUT2D eigenvalue weighted by Crippen LogP contribution is -2.11. The van der Waals surface area contributed by atoms with Crippen LogP contribution in [-0.4, -0.2) is 4.98 Å². The molecule has 0 saturated carbocycles. The van der Waals surface area contributed by atoms with Gasteiger partial charge in [0.2, 0.25) is 0 Å². The van der Waals surface area contributed by atoms with Crippen LogP contribution < -0.4 is 5.56 Å². The summed E-state index contributed by atoms with van der Waals surface area (Å²) < 4.78 is 40.2. The predicted molar refractivity (Wildman–Crippen MR) is 87.7 cm³/mol. The lowest BCUT2D eigenvalue weighted by Gasteiger charge is -2.13. The minimum absolute atomic E-state index is 0.0347. The normalized spacial score (nSPS) is 11.8. The molecule has 0 radical (unpaired) electrons. The molecule has 3 rings (SSSR count). The molecule has 2 aromatic carbocycles. The Bertz CT molecular complexity index is 915. The Morgan fingerprint density at radius 2 is 1.73 bits per heavy atom. The van der Waals surface area contributed by atoms with Gasteiger partial charge >= 0.3 is 6.18 Å². The molecule has 0 aliphatic heterocycles. The van der Waals surface area contributed by atoms with Gasteiger partial charge in [-0.1, -0.05) is 24.3 Å². The standard InChI is InChI=1S/C16H9F3INO/c17-16(18,19)13-4-2-1-3-11(13)14-7-9-5-6-10(20)8-12(9)15(22)21-14/h1-8H,(H,21,22). The number of alkyl halides is 3. The highest BCUT2D eigenvalue weighted by atomic mass is 127. The first-order valence-electron chi connectivity index (χ1n) is 6.35. The van der Waals surface area contributed by atoms with Crippen LogP contribution in [0.25, 0.3) is 22.0 Å². The van der Waals surface area contributed by atoms with Crippen LogP contribution in [0.2, 0.25) is 0 Å². The Hall–Kier alpha value is -1.83. The molecule has 2 nitrogen and oxygen atoms in total. The van der Waals surface area contributed by atoms with Gasteiger partial charge in [-0.25, -0.2) is 0 Å². The summed E-state index contributed by atoms with van der Waals surface area (Å²) in [5.41, 5.74) is -1.04. The summed E-state index contributed by atoms with van der Waals surface area (Å²) in [4.78, 5) is 14.7. The van der Waals surface area contributed by atoms with Gasteiger partial charge in [0.15, 0.2) is 0 Å². The Labute approximate surface area is 137 Å². The summed E-state index contributed by atoms with van der Waals surface area (Å²) in [5.74, 6) is 0. The number of aromatic amines is 1. The maximum absolute atomic E-state index is 13.1. The molecule has 0 aliphatic rings. The zero-order chi connectivity index (χ0) is 15.9. The van der Waals surface area contributed by atoms with Crippen molar-refractivity contribution in [3.63, 3.8) is 0 Å². The van der Waals surface area contributed by atoms with Gasteiger partial charge < -0.3 is 4.98 Å². The van der Waals surface area contributed by atoms with Gasteiger partial charge in [-0.05, 0) is 52.2 Å². The van der Waals surface area contributed by atoms with Gasteiger partial charge in [-0.3, -0.25) is 4.79 Å². The summed E-state index contributed by atoms with van der Waals surface area (Å²) in [7, 11) is 0. The van der Waals surface area contributed by atoms with Crippen LogP contribution in [0, 0.1) is 3.57 Å². The molecule has 0 spiro atoms. The molecule has 6 heteroatoms. The van der Waals surface area contributed by atoms with Gasteiger partial charge in [-0.2, -0.15) is 13.2 Å². The van der Waals surface area contributed by atoms with E-state index >= 15 is 0 Å². The number of hydrogen-bond acceptors (Lipinski definition) is 1. The van der Waals surface area contributed by atoms with Crippen molar-refractivity contribution in [2.45, 2.75) is 6.18 Å². The van der Waals surface area contributed by atoms with Crippen molar-refractivity contribution in [2.75, 3.05) is 0 Å². The summed E-state index contributed by atoms with van der Waals surface area (Å²) >= 11 is 2.08. The average molecular weight is 415 g/mol. The zero-order valence-corrected chi connectivity index (χ0v) is 13.2. The van der Waals surface area contributed by atoms with Crippen LogP contribution in [0.1, 0.15) is 5.56 Å². The number of aromatic nitrogens is 1. The lowest BCUT2D eigenvalue weighted by atomic mass is 10.0. The van der Waals surface area contributed by atoms with Gasteiger partial charge in [0.1, 0.15) is 0 Å². The van der Waals surface area contributed by atoms with E-state index in [2.05, 4.69) is 27.6 Å². The molecule has 22 heavy (non-hydrogen) atoms. The summed E-state index contributed by atoms with van der Waals surface area (Å²) in [6.45, 7) is 0. The molecule has 0 amide bonds. The third kappa shape index (κ3) is 2.75. The van der Waals surface area contributed by atoms with E-state index in [1.807, 2.05) is 6.07 Å². The van der Waals surface area contributed by atoms with Crippen molar-refractivity contribution in [1.29, 1.82) is 0 Å². The zero-order valence-electron chi connectivity index (χ0n) is 11.0. The first kappa shape index (κ1) is 15.1. The number of fused-ring (bicyclic) bond motifs is 1. The summed E-state index contributed by atoms with van der Waals surface area (Å²) in [5, 5.41) is 1.07. The quantitative estimate of drug-likeness (QED) is 0.569. The van der Waals surface area contributed by atoms with Crippen LogP contribution in [0.4, 0.5) is 13.2 Å². The molecule has 3 aromatic rings. The molecule has 0 bridgehead atoms. The number of halogens is 4. The maximum atomic E-state index is 13.1. The minimum atomic E-state index is -4.48. The fraction of sp³-hybridized carbons (Fsp3) is 0.0625. The van der Waals surface area contributed by atoms with Crippen LogP contribution in [-0.2, 0) is 6.18 Å². The Balaban J connectivity index is 2.29. The van der Waals surface area contributed by atoms with Crippen molar-refractivity contribution in [1.82, 2.24) is 4.98 Å². The fourth-order valence-corrected chi connectivity index (χ4v) is 2.83. The van der Waals surface area contributed by atoms with E-state index in [4.69, 9.17) is 0 Å². The highest BCUT2D eigenvalue weighted by molar-refractivity contribution is 14.1. The van der Waals surface area contributed by atoms with Gasteiger partial charge in [0.25, 0.3) is 5.56 Å². The highest BCUT2D eigenvalue weighted by Gasteiger charge is 2.33. The van der Waals surface area contributed by atoms with Crippen LogP contribution in [0.3, 0.4) is 0 Å². The summed E-state index contributed by atoms with van der Waals surface area (Å²) in [6.07, 6.45) is -4.48. The number of benzene rings is 2. The first-order valence-corrected chi connectivity index (χ1v) is 7.43. The van der Waals surface area contributed by atoms with Gasteiger partial charge in [0.05, 0.1) is 5.56 Å². The lowest BCUT2D eigenvalue weighted by molar-refractivity contribution is -0.137. The molecule has 0 atom stereocenters. The SMILES string of the molecule is O=c1[nH]c(-c2ccccc2C(F)(F)F)cc2ccc(I)cc12. The third-order valence-electron chi connectivity index (χ3n) is 3.33. The van der Waals surface area contributed by atoms with E-state index in [1.54, 1.807) is 18.2 Å². The van der Waals surface area contributed by atoms with E-state index in [9.17, 15) is 18.0 Å². The van der Waals surface area contributed by atoms with Crippen molar-refractivity contribution in [3.8, 4) is 11.3 Å². The monoisotopic (exact) mass is 415 g/mol. The average Bonchev–Trinajstić information content (AvgIpc) is 2.47. The van der Waals surface area contributed by atoms with E-state index in [-0.39, 0.29) is 11.3 Å². The largest absolute Gasteiger partial charge is 0.417 e. The number of rotatable bonds is 1. The fourth-order valence-electron chi connectivity index (χ4n) is 2.34. The smallest absolute Gasteiger partial charge is 0.321 e. The van der Waals surface area contributed by atoms with Gasteiger partial charge in [0, 0.05) is 20.2 Å². The minimum Gasteiger partial charge on any atom is -0.321 e. The van der Waals surface area contributed by atoms with Crippen LogP contribution >= 0.6 is 22.6 Å². The predicted octanol–water partition coefficient (Wildman–Crippen LogP) is 4.82. The van der Waals surface area contributed by atoms with E-state index in [1.165, 1.54) is 18.2 Å². The molecule has 0 saturated heterocycles. The number of pyridine rings is 1. The summed E-state index contributed by atoms with van der Waals surface area (Å²) in [6, 6.07) is 12.0. The molecular formula is C16H9F3INO.